The molecule has 0 saturated heterocycles. The number of rotatable bonds is 52. The van der Waals surface area contributed by atoms with Gasteiger partial charge >= 0.3 is 11.9 Å². The normalized spacial score (nSPS) is 14.0. The molecule has 0 aliphatic carbocycles. The number of unbranched alkanes of at least 4 members (excludes halogenated alkanes) is 22. The third-order valence-electron chi connectivity index (χ3n) is 12.1. The fourth-order valence-electron chi connectivity index (χ4n) is 7.63. The first-order chi connectivity index (χ1) is 35.0. The highest BCUT2D eigenvalue weighted by atomic mass is 31.2. The van der Waals surface area contributed by atoms with Gasteiger partial charge in [-0.1, -0.05) is 220 Å². The van der Waals surface area contributed by atoms with Gasteiger partial charge in [0.05, 0.1) is 27.7 Å². The van der Waals surface area contributed by atoms with Gasteiger partial charge in [-0.25, -0.2) is 0 Å². The van der Waals surface area contributed by atoms with Crippen molar-refractivity contribution in [1.29, 1.82) is 0 Å². The zero-order valence-corrected chi connectivity index (χ0v) is 47.7. The number of phosphoric acid groups is 1. The summed E-state index contributed by atoms with van der Waals surface area (Å²) in [5.74, 6) is -0.855. The van der Waals surface area contributed by atoms with E-state index in [9.17, 15) is 19.0 Å². The summed E-state index contributed by atoms with van der Waals surface area (Å²) < 4.78 is 34.1. The van der Waals surface area contributed by atoms with Crippen molar-refractivity contribution in [2.75, 3.05) is 47.5 Å². The van der Waals surface area contributed by atoms with Gasteiger partial charge in [-0.15, -0.1) is 0 Å². The highest BCUT2D eigenvalue weighted by Gasteiger charge is 2.21. The van der Waals surface area contributed by atoms with E-state index < -0.39 is 32.5 Å². The summed E-state index contributed by atoms with van der Waals surface area (Å²) in [5, 5.41) is 0. The lowest BCUT2D eigenvalue weighted by Gasteiger charge is -2.28. The first-order valence-corrected chi connectivity index (χ1v) is 30.4. The third-order valence-corrected chi connectivity index (χ3v) is 13.1. The van der Waals surface area contributed by atoms with E-state index in [1.54, 1.807) is 0 Å². The van der Waals surface area contributed by atoms with Crippen molar-refractivity contribution in [2.24, 2.45) is 0 Å². The average Bonchev–Trinajstić information content (AvgIpc) is 3.34. The summed E-state index contributed by atoms with van der Waals surface area (Å²) in [4.78, 5) is 37.9. The number of carbonyl (C=O) groups is 2. The van der Waals surface area contributed by atoms with Crippen LogP contribution in [0.4, 0.5) is 0 Å². The summed E-state index contributed by atoms with van der Waals surface area (Å²) in [6, 6.07) is 0. The lowest BCUT2D eigenvalue weighted by Crippen LogP contribution is -2.37. The second kappa shape index (κ2) is 52.8. The van der Waals surface area contributed by atoms with Gasteiger partial charge in [0.15, 0.2) is 6.10 Å². The van der Waals surface area contributed by atoms with E-state index in [1.807, 2.05) is 21.1 Å². The van der Waals surface area contributed by atoms with Crippen molar-refractivity contribution < 1.29 is 42.1 Å². The molecule has 0 aliphatic rings. The van der Waals surface area contributed by atoms with Gasteiger partial charge in [0.25, 0.3) is 7.82 Å². The van der Waals surface area contributed by atoms with Crippen molar-refractivity contribution in [3.63, 3.8) is 0 Å². The number of hydrogen-bond acceptors (Lipinski definition) is 8. The largest absolute Gasteiger partial charge is 0.756 e. The molecule has 0 aromatic carbocycles. The van der Waals surface area contributed by atoms with Crippen molar-refractivity contribution >= 4 is 19.8 Å². The molecule has 0 spiro atoms. The second-order valence-electron chi connectivity index (χ2n) is 20.3. The van der Waals surface area contributed by atoms with E-state index in [4.69, 9.17) is 18.5 Å². The lowest BCUT2D eigenvalue weighted by atomic mass is 10.0. The second-order valence-corrected chi connectivity index (χ2v) is 21.7. The molecule has 0 N–H and O–H groups in total. The zero-order valence-electron chi connectivity index (χ0n) is 46.8. The molecule has 0 aromatic rings. The minimum Gasteiger partial charge on any atom is -0.756 e. The van der Waals surface area contributed by atoms with Crippen LogP contribution in [0.3, 0.4) is 0 Å². The molecule has 9 nitrogen and oxygen atoms in total. The molecule has 0 bridgehead atoms. The van der Waals surface area contributed by atoms with Gasteiger partial charge in [0.2, 0.25) is 0 Å². The van der Waals surface area contributed by atoms with Crippen molar-refractivity contribution in [2.45, 2.75) is 238 Å². The van der Waals surface area contributed by atoms with Crippen LogP contribution in [0.1, 0.15) is 232 Å². The average molecular weight is 1030 g/mol. The third kappa shape index (κ3) is 56.2. The molecule has 0 rings (SSSR count). The molecule has 2 unspecified atom stereocenters. The van der Waals surface area contributed by atoms with Crippen LogP contribution in [-0.4, -0.2) is 70.0 Å². The zero-order chi connectivity index (χ0) is 52.7. The van der Waals surface area contributed by atoms with Gasteiger partial charge < -0.3 is 27.9 Å². The molecular formula is C62H108NO8P. The van der Waals surface area contributed by atoms with Crippen LogP contribution in [-0.2, 0) is 32.7 Å². The van der Waals surface area contributed by atoms with Crippen molar-refractivity contribution in [1.82, 2.24) is 0 Å². The Bertz CT molecular complexity index is 1540. The number of likely N-dealkylation sites (N-methyl/N-ethyl adjacent to an activating group) is 1. The van der Waals surface area contributed by atoms with Crippen LogP contribution in [0.5, 0.6) is 0 Å². The quantitative estimate of drug-likeness (QED) is 0.0195. The van der Waals surface area contributed by atoms with E-state index in [0.29, 0.717) is 17.4 Å². The Morgan fingerprint density at radius 2 is 0.792 bits per heavy atom. The SMILES string of the molecule is CC/C=C\C/C=C\C/C=C\C/C=C\C/C=C\C/C=C\CCCCCCCCC(=O)OC(COC(=O)CCCCCCCCCCCCC/C=C\C/C=C\CCCCCCC)COP(=O)([O-])OCC[N+](C)(C)C. The number of phosphoric ester groups is 1. The Kier molecular flexibility index (Phi) is 50.5. The number of allylic oxidation sites excluding steroid dienone is 16. The molecular weight excluding hydrogens is 918 g/mol. The van der Waals surface area contributed by atoms with Crippen LogP contribution in [0.25, 0.3) is 0 Å². The summed E-state index contributed by atoms with van der Waals surface area (Å²) >= 11 is 0. The maximum absolute atomic E-state index is 12.8. The molecule has 2 atom stereocenters. The maximum Gasteiger partial charge on any atom is 0.306 e. The maximum atomic E-state index is 12.8. The molecule has 0 aromatic heterocycles. The summed E-state index contributed by atoms with van der Waals surface area (Å²) in [5.41, 5.74) is 0. The van der Waals surface area contributed by atoms with E-state index in [2.05, 4.69) is 111 Å². The summed E-state index contributed by atoms with van der Waals surface area (Å²) in [7, 11) is 1.14. The van der Waals surface area contributed by atoms with Gasteiger partial charge in [0.1, 0.15) is 19.8 Å². The Hall–Kier alpha value is -3.07. The van der Waals surface area contributed by atoms with Crippen LogP contribution in [0, 0.1) is 0 Å². The monoisotopic (exact) mass is 1030 g/mol. The minimum absolute atomic E-state index is 0.0392. The first kappa shape index (κ1) is 68.9. The van der Waals surface area contributed by atoms with Crippen LogP contribution < -0.4 is 4.89 Å². The molecule has 0 amide bonds. The number of quaternary nitrogens is 1. The van der Waals surface area contributed by atoms with E-state index in [-0.39, 0.29) is 26.1 Å². The summed E-state index contributed by atoms with van der Waals surface area (Å²) in [6.45, 7) is 4.10. The number of esters is 2. The van der Waals surface area contributed by atoms with E-state index in [0.717, 1.165) is 103 Å². The highest BCUT2D eigenvalue weighted by molar-refractivity contribution is 7.45. The Morgan fingerprint density at radius 1 is 0.444 bits per heavy atom. The summed E-state index contributed by atoms with van der Waals surface area (Å²) in [6.07, 6.45) is 71.6. The fourth-order valence-corrected chi connectivity index (χ4v) is 8.36. The molecule has 72 heavy (non-hydrogen) atoms. The fraction of sp³-hybridized carbons (Fsp3) is 0.710. The van der Waals surface area contributed by atoms with Crippen LogP contribution in [0.15, 0.2) is 97.2 Å². The van der Waals surface area contributed by atoms with Gasteiger partial charge in [-0.2, -0.15) is 0 Å². The van der Waals surface area contributed by atoms with Gasteiger partial charge in [-0.3, -0.25) is 14.2 Å². The predicted octanol–water partition coefficient (Wildman–Crippen LogP) is 17.4. The smallest absolute Gasteiger partial charge is 0.306 e. The molecule has 0 saturated carbocycles. The number of nitrogens with zero attached hydrogens (tertiary/aromatic N) is 1. The van der Waals surface area contributed by atoms with Crippen LogP contribution in [0.2, 0.25) is 0 Å². The lowest BCUT2D eigenvalue weighted by molar-refractivity contribution is -0.870. The molecule has 0 radical (unpaired) electrons. The van der Waals surface area contributed by atoms with Gasteiger partial charge in [0, 0.05) is 12.8 Å². The Morgan fingerprint density at radius 3 is 1.18 bits per heavy atom. The first-order valence-electron chi connectivity index (χ1n) is 28.9. The molecule has 10 heteroatoms. The van der Waals surface area contributed by atoms with Crippen molar-refractivity contribution in [3.05, 3.63) is 97.2 Å². The number of hydrogen-bond donors (Lipinski definition) is 0. The van der Waals surface area contributed by atoms with Crippen molar-refractivity contribution in [3.8, 4) is 0 Å². The Balaban J connectivity index is 4.24. The van der Waals surface area contributed by atoms with E-state index in [1.165, 1.54) is 96.3 Å². The highest BCUT2D eigenvalue weighted by Crippen LogP contribution is 2.38. The van der Waals surface area contributed by atoms with E-state index >= 15 is 0 Å². The molecule has 414 valence electrons. The minimum atomic E-state index is -4.65. The standard InChI is InChI=1S/C62H108NO8P/c1-6-8-10-12-14-16-18-20-22-24-26-28-30-31-33-35-37-39-41-43-45-47-49-51-53-55-62(65)71-60(59-70-72(66,67)69-57-56-63(3,4)5)58-68-61(64)54-52-50-48-46-44-42-40-38-36-34-32-29-27-25-23-21-19-17-15-13-11-9-7-2/h8,10,14,16,19-22,25-28,31,33,37,39,60H,6-7,9,11-13,15,17-18,23-24,29-30,32,34-36,38,40-59H2,1-5H3/b10-8-,16-14-,21-19-,22-20-,27-25-,28-26-,33-31-,39-37-. The Labute approximate surface area is 443 Å². The predicted molar refractivity (Wildman–Crippen MR) is 305 cm³/mol. The number of ether oxygens (including phenoxy) is 2. The molecule has 0 fully saturated rings. The van der Waals surface area contributed by atoms with Gasteiger partial charge in [-0.05, 0) is 96.3 Å². The molecule has 0 aliphatic heterocycles. The topological polar surface area (TPSA) is 111 Å². The molecule has 0 heterocycles. The number of carbonyl (C=O) groups excluding carboxylic acids is 2. The van der Waals surface area contributed by atoms with Crippen LogP contribution >= 0.6 is 7.82 Å².